The zero-order chi connectivity index (χ0) is 15.1. The van der Waals surface area contributed by atoms with Gasteiger partial charge in [-0.2, -0.15) is 0 Å². The number of anilines is 1. The number of carbonyl (C=O) groups excluding carboxylic acids is 1. The predicted octanol–water partition coefficient (Wildman–Crippen LogP) is 1.04. The monoisotopic (exact) mass is 282 g/mol. The standard InChI is InChI=1S/C13H18N2O5/c1-8(2)20-10-5-3-9(4-6-10)14-13(19)15-11(7-16)12(17)18/h3-6,8,11,16H,7H2,1-2H3,(H,17,18)(H2,14,15,19). The first-order valence-electron chi connectivity index (χ1n) is 6.10. The molecule has 7 heteroatoms. The molecule has 0 aromatic heterocycles. The van der Waals surface area contributed by atoms with E-state index in [9.17, 15) is 9.59 Å². The lowest BCUT2D eigenvalue weighted by Crippen LogP contribution is -2.45. The summed E-state index contributed by atoms with van der Waals surface area (Å²) in [6.45, 7) is 3.13. The number of carbonyl (C=O) groups is 2. The second-order valence-electron chi connectivity index (χ2n) is 4.36. The Morgan fingerprint density at radius 2 is 1.85 bits per heavy atom. The summed E-state index contributed by atoms with van der Waals surface area (Å²) in [5.74, 6) is -0.631. The van der Waals surface area contributed by atoms with Crippen molar-refractivity contribution in [1.82, 2.24) is 5.32 Å². The van der Waals surface area contributed by atoms with Crippen molar-refractivity contribution in [2.45, 2.75) is 26.0 Å². The van der Waals surface area contributed by atoms with Gasteiger partial charge in [-0.3, -0.25) is 0 Å². The Bertz CT molecular complexity index is 458. The van der Waals surface area contributed by atoms with Gasteiger partial charge in [-0.25, -0.2) is 9.59 Å². The maximum Gasteiger partial charge on any atom is 0.328 e. The molecule has 0 aliphatic heterocycles. The summed E-state index contributed by atoms with van der Waals surface area (Å²) in [6.07, 6.45) is 0.0537. The smallest absolute Gasteiger partial charge is 0.328 e. The maximum atomic E-state index is 11.5. The fraction of sp³-hybridized carbons (Fsp3) is 0.385. The van der Waals surface area contributed by atoms with Gasteiger partial charge in [0.1, 0.15) is 5.75 Å². The Labute approximate surface area is 116 Å². The summed E-state index contributed by atoms with van der Waals surface area (Å²) >= 11 is 0. The van der Waals surface area contributed by atoms with Gasteiger partial charge < -0.3 is 25.6 Å². The normalized spacial score (nSPS) is 11.8. The molecule has 1 rings (SSSR count). The number of carboxylic acid groups (broad SMARTS) is 1. The molecule has 0 aliphatic rings. The predicted molar refractivity (Wildman–Crippen MR) is 72.9 cm³/mol. The van der Waals surface area contributed by atoms with Crippen LogP contribution in [0.4, 0.5) is 10.5 Å². The van der Waals surface area contributed by atoms with Crippen LogP contribution in [-0.2, 0) is 4.79 Å². The van der Waals surface area contributed by atoms with E-state index in [-0.39, 0.29) is 6.10 Å². The van der Waals surface area contributed by atoms with Gasteiger partial charge >= 0.3 is 12.0 Å². The number of aliphatic carboxylic acids is 1. The number of nitrogens with one attached hydrogen (secondary N) is 2. The number of amides is 2. The molecule has 1 aromatic rings. The van der Waals surface area contributed by atoms with Crippen LogP contribution >= 0.6 is 0 Å². The number of aliphatic hydroxyl groups excluding tert-OH is 1. The molecule has 0 spiro atoms. The van der Waals surface area contributed by atoms with Crippen LogP contribution in [0.1, 0.15) is 13.8 Å². The zero-order valence-electron chi connectivity index (χ0n) is 11.3. The number of rotatable bonds is 6. The molecule has 0 bridgehead atoms. The van der Waals surface area contributed by atoms with Crippen molar-refractivity contribution in [1.29, 1.82) is 0 Å². The number of benzene rings is 1. The topological polar surface area (TPSA) is 108 Å². The third-order valence-corrected chi connectivity index (χ3v) is 2.27. The lowest BCUT2D eigenvalue weighted by atomic mass is 10.3. The fourth-order valence-electron chi connectivity index (χ4n) is 1.40. The minimum absolute atomic E-state index is 0.0537. The molecular formula is C13H18N2O5. The van der Waals surface area contributed by atoms with Crippen molar-refractivity contribution in [3.05, 3.63) is 24.3 Å². The number of urea groups is 1. The first kappa shape index (κ1) is 15.8. The van der Waals surface area contributed by atoms with Gasteiger partial charge in [0.15, 0.2) is 6.04 Å². The quantitative estimate of drug-likeness (QED) is 0.623. The van der Waals surface area contributed by atoms with Gasteiger partial charge in [0.05, 0.1) is 12.7 Å². The molecule has 0 saturated carbocycles. The number of hydrogen-bond donors (Lipinski definition) is 4. The summed E-state index contributed by atoms with van der Waals surface area (Å²) in [5.41, 5.74) is 0.487. The molecule has 0 heterocycles. The van der Waals surface area contributed by atoms with E-state index in [0.717, 1.165) is 0 Å². The van der Waals surface area contributed by atoms with Gasteiger partial charge in [0.25, 0.3) is 0 Å². The Kier molecular flexibility index (Phi) is 5.79. The summed E-state index contributed by atoms with van der Waals surface area (Å²) in [5, 5.41) is 22.1. The molecule has 7 nitrogen and oxygen atoms in total. The van der Waals surface area contributed by atoms with E-state index >= 15 is 0 Å². The average Bonchev–Trinajstić information content (AvgIpc) is 2.37. The lowest BCUT2D eigenvalue weighted by molar-refractivity contribution is -0.140. The van der Waals surface area contributed by atoms with E-state index < -0.39 is 24.6 Å². The second-order valence-corrected chi connectivity index (χ2v) is 4.36. The molecule has 0 radical (unpaired) electrons. The average molecular weight is 282 g/mol. The molecule has 4 N–H and O–H groups in total. The number of carboxylic acids is 1. The van der Waals surface area contributed by atoms with E-state index in [0.29, 0.717) is 11.4 Å². The van der Waals surface area contributed by atoms with Gasteiger partial charge in [-0.1, -0.05) is 0 Å². The number of aliphatic hydroxyl groups is 1. The Morgan fingerprint density at radius 1 is 1.25 bits per heavy atom. The fourth-order valence-corrected chi connectivity index (χ4v) is 1.40. The summed E-state index contributed by atoms with van der Waals surface area (Å²) in [4.78, 5) is 22.2. The van der Waals surface area contributed by atoms with Crippen molar-refractivity contribution >= 4 is 17.7 Å². The molecule has 0 fully saturated rings. The van der Waals surface area contributed by atoms with E-state index in [1.807, 2.05) is 13.8 Å². The van der Waals surface area contributed by atoms with E-state index in [4.69, 9.17) is 14.9 Å². The lowest BCUT2D eigenvalue weighted by Gasteiger charge is -2.13. The van der Waals surface area contributed by atoms with Crippen LogP contribution in [0.3, 0.4) is 0 Å². The third kappa shape index (κ3) is 5.15. The summed E-state index contributed by atoms with van der Waals surface area (Å²) in [6, 6.07) is 4.60. The molecule has 0 aliphatic carbocycles. The van der Waals surface area contributed by atoms with Crippen LogP contribution in [0.15, 0.2) is 24.3 Å². The van der Waals surface area contributed by atoms with Crippen molar-refractivity contribution in [2.24, 2.45) is 0 Å². The van der Waals surface area contributed by atoms with Gasteiger partial charge in [0.2, 0.25) is 0 Å². The largest absolute Gasteiger partial charge is 0.491 e. The van der Waals surface area contributed by atoms with Crippen LogP contribution in [0.5, 0.6) is 5.75 Å². The number of hydrogen-bond acceptors (Lipinski definition) is 4. The van der Waals surface area contributed by atoms with Crippen molar-refractivity contribution < 1.29 is 24.5 Å². The van der Waals surface area contributed by atoms with Crippen LogP contribution in [-0.4, -0.2) is 41.0 Å². The number of ether oxygens (including phenoxy) is 1. The van der Waals surface area contributed by atoms with Crippen molar-refractivity contribution in [3.63, 3.8) is 0 Å². The Balaban J connectivity index is 2.55. The summed E-state index contributed by atoms with van der Waals surface area (Å²) in [7, 11) is 0. The first-order valence-corrected chi connectivity index (χ1v) is 6.10. The highest BCUT2D eigenvalue weighted by Crippen LogP contribution is 2.16. The maximum absolute atomic E-state index is 11.5. The van der Waals surface area contributed by atoms with Gasteiger partial charge in [-0.05, 0) is 38.1 Å². The van der Waals surface area contributed by atoms with Crippen molar-refractivity contribution in [2.75, 3.05) is 11.9 Å². The molecular weight excluding hydrogens is 264 g/mol. The van der Waals surface area contributed by atoms with Crippen LogP contribution in [0.25, 0.3) is 0 Å². The second kappa shape index (κ2) is 7.34. The summed E-state index contributed by atoms with van der Waals surface area (Å²) < 4.78 is 5.45. The van der Waals surface area contributed by atoms with Gasteiger partial charge in [0, 0.05) is 5.69 Å². The van der Waals surface area contributed by atoms with Crippen LogP contribution in [0.2, 0.25) is 0 Å². The molecule has 1 aromatic carbocycles. The molecule has 0 saturated heterocycles. The van der Waals surface area contributed by atoms with Gasteiger partial charge in [-0.15, -0.1) is 0 Å². The minimum Gasteiger partial charge on any atom is -0.491 e. The molecule has 1 unspecified atom stereocenters. The SMILES string of the molecule is CC(C)Oc1ccc(NC(=O)NC(CO)C(=O)O)cc1. The first-order chi connectivity index (χ1) is 9.42. The zero-order valence-corrected chi connectivity index (χ0v) is 11.3. The van der Waals surface area contributed by atoms with E-state index in [2.05, 4.69) is 10.6 Å². The Hall–Kier alpha value is -2.28. The van der Waals surface area contributed by atoms with Crippen LogP contribution < -0.4 is 15.4 Å². The van der Waals surface area contributed by atoms with Crippen molar-refractivity contribution in [3.8, 4) is 5.75 Å². The highest BCUT2D eigenvalue weighted by molar-refractivity contribution is 5.92. The van der Waals surface area contributed by atoms with E-state index in [1.165, 1.54) is 0 Å². The molecule has 110 valence electrons. The van der Waals surface area contributed by atoms with E-state index in [1.54, 1.807) is 24.3 Å². The third-order valence-electron chi connectivity index (χ3n) is 2.27. The molecule has 1 atom stereocenters. The highest BCUT2D eigenvalue weighted by Gasteiger charge is 2.18. The van der Waals surface area contributed by atoms with Crippen LogP contribution in [0, 0.1) is 0 Å². The molecule has 20 heavy (non-hydrogen) atoms. The minimum atomic E-state index is -1.33. The highest BCUT2D eigenvalue weighted by atomic mass is 16.5. The Morgan fingerprint density at radius 3 is 2.30 bits per heavy atom. The molecule has 2 amide bonds.